The number of aryl methyl sites for hydroxylation is 2. The lowest BCUT2D eigenvalue weighted by molar-refractivity contribution is -0.121. The van der Waals surface area contributed by atoms with Crippen molar-refractivity contribution < 1.29 is 13.2 Å². The lowest BCUT2D eigenvalue weighted by Gasteiger charge is -2.21. The first-order chi connectivity index (χ1) is 12.3. The third-order valence-electron chi connectivity index (χ3n) is 5.21. The van der Waals surface area contributed by atoms with Gasteiger partial charge in [0.25, 0.3) is 0 Å². The van der Waals surface area contributed by atoms with Gasteiger partial charge in [-0.3, -0.25) is 4.79 Å². The molecule has 0 aliphatic heterocycles. The van der Waals surface area contributed by atoms with E-state index in [0.29, 0.717) is 11.5 Å². The van der Waals surface area contributed by atoms with Crippen molar-refractivity contribution in [3.63, 3.8) is 0 Å². The molecule has 1 aliphatic rings. The molecule has 2 atom stereocenters. The lowest BCUT2D eigenvalue weighted by Crippen LogP contribution is -2.39. The number of benzene rings is 1. The van der Waals surface area contributed by atoms with Gasteiger partial charge >= 0.3 is 0 Å². The molecule has 1 fully saturated rings. The predicted molar refractivity (Wildman–Crippen MR) is 105 cm³/mol. The zero-order valence-electron chi connectivity index (χ0n) is 16.2. The van der Waals surface area contributed by atoms with Crippen molar-refractivity contribution in [1.82, 2.24) is 10.0 Å². The van der Waals surface area contributed by atoms with Crippen LogP contribution in [-0.2, 0) is 14.8 Å². The first kappa shape index (κ1) is 20.9. The first-order valence-electron chi connectivity index (χ1n) is 9.69. The third-order valence-corrected chi connectivity index (χ3v) is 6.81. The molecule has 1 aromatic carbocycles. The van der Waals surface area contributed by atoms with E-state index < -0.39 is 10.0 Å². The number of hydrogen-bond donors (Lipinski definition) is 2. The summed E-state index contributed by atoms with van der Waals surface area (Å²) in [5.74, 6) is 0.507. The maximum atomic E-state index is 12.5. The Balaban J connectivity index is 1.83. The molecule has 1 saturated carbocycles. The fourth-order valence-electron chi connectivity index (χ4n) is 3.69. The van der Waals surface area contributed by atoms with Crippen molar-refractivity contribution in [3.8, 4) is 0 Å². The molecule has 0 heterocycles. The Kier molecular flexibility index (Phi) is 7.65. The van der Waals surface area contributed by atoms with Gasteiger partial charge in [-0.05, 0) is 56.2 Å². The molecule has 26 heavy (non-hydrogen) atoms. The highest BCUT2D eigenvalue weighted by atomic mass is 32.2. The number of nitrogens with one attached hydrogen (secondary N) is 2. The highest BCUT2D eigenvalue weighted by molar-refractivity contribution is 7.89. The van der Waals surface area contributed by atoms with E-state index in [1.54, 1.807) is 19.1 Å². The molecule has 2 N–H and O–H groups in total. The minimum Gasteiger partial charge on any atom is -0.353 e. The van der Waals surface area contributed by atoms with Gasteiger partial charge in [0.2, 0.25) is 15.9 Å². The van der Waals surface area contributed by atoms with Gasteiger partial charge in [-0.25, -0.2) is 13.1 Å². The predicted octanol–water partition coefficient (Wildman–Crippen LogP) is 3.45. The van der Waals surface area contributed by atoms with Crippen molar-refractivity contribution in [1.29, 1.82) is 0 Å². The second-order valence-electron chi connectivity index (χ2n) is 7.42. The van der Waals surface area contributed by atoms with E-state index in [4.69, 9.17) is 0 Å². The molecule has 2 rings (SSSR count). The zero-order chi connectivity index (χ0) is 19.2. The zero-order valence-corrected chi connectivity index (χ0v) is 17.0. The Morgan fingerprint density at radius 3 is 2.73 bits per heavy atom. The lowest BCUT2D eigenvalue weighted by atomic mass is 9.97. The molecule has 5 nitrogen and oxygen atoms in total. The summed E-state index contributed by atoms with van der Waals surface area (Å²) in [5, 5.41) is 3.11. The summed E-state index contributed by atoms with van der Waals surface area (Å²) in [6.45, 7) is 5.94. The number of amides is 1. The van der Waals surface area contributed by atoms with Crippen LogP contribution < -0.4 is 10.0 Å². The quantitative estimate of drug-likeness (QED) is 0.689. The summed E-state index contributed by atoms with van der Waals surface area (Å²) in [7, 11) is -3.59. The Hall–Kier alpha value is -1.40. The monoisotopic (exact) mass is 380 g/mol. The van der Waals surface area contributed by atoms with Gasteiger partial charge in [0, 0.05) is 19.0 Å². The van der Waals surface area contributed by atoms with Crippen LogP contribution in [0.25, 0.3) is 0 Å². The minimum atomic E-state index is -3.59. The van der Waals surface area contributed by atoms with Crippen molar-refractivity contribution in [2.45, 2.75) is 76.7 Å². The summed E-state index contributed by atoms with van der Waals surface area (Å²) in [5.41, 5.74) is 1.60. The van der Waals surface area contributed by atoms with Crippen molar-refractivity contribution in [3.05, 3.63) is 29.3 Å². The average molecular weight is 381 g/mol. The average Bonchev–Trinajstić information content (AvgIpc) is 3.01. The van der Waals surface area contributed by atoms with Crippen LogP contribution in [0, 0.1) is 19.8 Å². The molecule has 146 valence electrons. The van der Waals surface area contributed by atoms with Gasteiger partial charge < -0.3 is 5.32 Å². The topological polar surface area (TPSA) is 75.3 Å². The second-order valence-corrected chi connectivity index (χ2v) is 9.16. The van der Waals surface area contributed by atoms with Crippen molar-refractivity contribution >= 4 is 15.9 Å². The van der Waals surface area contributed by atoms with E-state index in [0.717, 1.165) is 12.0 Å². The standard InChI is InChI=1S/C20H32N2O3S/c1-4-5-7-17-8-6-9-18(17)22-20(23)12-13-21-26(24,25)19-14-15(2)10-11-16(19)3/h10-11,14,17-18,21H,4-9,12-13H2,1-3H3,(H,22,23). The molecular formula is C20H32N2O3S. The van der Waals surface area contributed by atoms with Crippen molar-refractivity contribution in [2.24, 2.45) is 5.92 Å². The summed E-state index contributed by atoms with van der Waals surface area (Å²) < 4.78 is 27.5. The Labute approximate surface area is 158 Å². The molecule has 1 aromatic rings. The number of hydrogen-bond acceptors (Lipinski definition) is 3. The van der Waals surface area contributed by atoms with E-state index in [1.807, 2.05) is 13.0 Å². The van der Waals surface area contributed by atoms with Gasteiger partial charge in [-0.15, -0.1) is 0 Å². The molecule has 0 spiro atoms. The van der Waals surface area contributed by atoms with E-state index in [9.17, 15) is 13.2 Å². The Bertz CT molecular complexity index is 716. The number of carbonyl (C=O) groups is 1. The van der Waals surface area contributed by atoms with E-state index in [1.165, 1.54) is 32.1 Å². The minimum absolute atomic E-state index is 0.0675. The summed E-state index contributed by atoms with van der Waals surface area (Å²) in [4.78, 5) is 12.5. The Morgan fingerprint density at radius 1 is 1.23 bits per heavy atom. The summed E-state index contributed by atoms with van der Waals surface area (Å²) in [6.07, 6.45) is 7.10. The molecule has 1 amide bonds. The SMILES string of the molecule is CCCCC1CCCC1NC(=O)CCNS(=O)(=O)c1cc(C)ccc1C. The second kappa shape index (κ2) is 9.51. The largest absolute Gasteiger partial charge is 0.353 e. The number of rotatable bonds is 9. The van der Waals surface area contributed by atoms with Crippen LogP contribution in [0.3, 0.4) is 0 Å². The van der Waals surface area contributed by atoms with Gasteiger partial charge in [0.15, 0.2) is 0 Å². The molecule has 1 aliphatic carbocycles. The number of sulfonamides is 1. The van der Waals surface area contributed by atoms with E-state index in [-0.39, 0.29) is 29.8 Å². The number of carbonyl (C=O) groups excluding carboxylic acids is 1. The molecule has 0 saturated heterocycles. The molecule has 0 bridgehead atoms. The van der Waals surface area contributed by atoms with Crippen LogP contribution in [-0.4, -0.2) is 26.9 Å². The summed E-state index contributed by atoms with van der Waals surface area (Å²) in [6, 6.07) is 5.60. The molecular weight excluding hydrogens is 348 g/mol. The molecule has 2 unspecified atom stereocenters. The molecule has 6 heteroatoms. The smallest absolute Gasteiger partial charge is 0.240 e. The van der Waals surface area contributed by atoms with Gasteiger partial charge in [-0.1, -0.05) is 38.3 Å². The maximum absolute atomic E-state index is 12.5. The van der Waals surface area contributed by atoms with E-state index >= 15 is 0 Å². The third kappa shape index (κ3) is 5.81. The van der Waals surface area contributed by atoms with Crippen LogP contribution in [0.15, 0.2) is 23.1 Å². The normalized spacial score (nSPS) is 20.3. The number of unbranched alkanes of at least 4 members (excludes halogenated alkanes) is 1. The van der Waals surface area contributed by atoms with Gasteiger partial charge in [-0.2, -0.15) is 0 Å². The summed E-state index contributed by atoms with van der Waals surface area (Å²) >= 11 is 0. The van der Waals surface area contributed by atoms with Gasteiger partial charge in [0.05, 0.1) is 4.90 Å². The van der Waals surface area contributed by atoms with Crippen LogP contribution in [0.5, 0.6) is 0 Å². The first-order valence-corrected chi connectivity index (χ1v) is 11.2. The van der Waals surface area contributed by atoms with Crippen LogP contribution >= 0.6 is 0 Å². The van der Waals surface area contributed by atoms with E-state index in [2.05, 4.69) is 17.0 Å². The van der Waals surface area contributed by atoms with Crippen LogP contribution in [0.1, 0.15) is 63.0 Å². The van der Waals surface area contributed by atoms with Crippen LogP contribution in [0.4, 0.5) is 0 Å². The van der Waals surface area contributed by atoms with Crippen LogP contribution in [0.2, 0.25) is 0 Å². The Morgan fingerprint density at radius 2 is 2.00 bits per heavy atom. The fourth-order valence-corrected chi connectivity index (χ4v) is 5.05. The van der Waals surface area contributed by atoms with Gasteiger partial charge in [0.1, 0.15) is 0 Å². The molecule has 0 radical (unpaired) electrons. The molecule has 0 aromatic heterocycles. The highest BCUT2D eigenvalue weighted by Gasteiger charge is 2.27. The fraction of sp³-hybridized carbons (Fsp3) is 0.650. The highest BCUT2D eigenvalue weighted by Crippen LogP contribution is 2.29. The maximum Gasteiger partial charge on any atom is 0.240 e. The van der Waals surface area contributed by atoms with Crippen molar-refractivity contribution in [2.75, 3.05) is 6.54 Å².